The average Bonchev–Trinajstić information content (AvgIpc) is 3.04. The summed E-state index contributed by atoms with van der Waals surface area (Å²) in [5.74, 6) is -0.239. The minimum absolute atomic E-state index is 0.239. The molecule has 0 radical (unpaired) electrons. The number of hydrogen-bond acceptors (Lipinski definition) is 3. The van der Waals surface area contributed by atoms with Crippen LogP contribution < -0.4 is 10.2 Å². The maximum atomic E-state index is 12.3. The quantitative estimate of drug-likeness (QED) is 0.507. The molecule has 0 aliphatic rings. The largest absolute Gasteiger partial charge is 0.311 e. The summed E-state index contributed by atoms with van der Waals surface area (Å²) >= 11 is 7.43. The summed E-state index contributed by atoms with van der Waals surface area (Å²) in [5, 5.41) is 6.99. The van der Waals surface area contributed by atoms with Crippen molar-refractivity contribution in [3.05, 3.63) is 87.5 Å². The molecule has 2 aromatic carbocycles. The first-order valence-electron chi connectivity index (χ1n) is 8.04. The fourth-order valence-corrected chi connectivity index (χ4v) is 3.45. The lowest BCUT2D eigenvalue weighted by atomic mass is 10.1. The second kappa shape index (κ2) is 8.17. The molecule has 1 heterocycles. The van der Waals surface area contributed by atoms with E-state index >= 15 is 0 Å². The molecule has 0 aliphatic heterocycles. The normalized spacial score (nSPS) is 11.4. The predicted molar refractivity (Wildman–Crippen MR) is 107 cm³/mol. The number of benzene rings is 2. The van der Waals surface area contributed by atoms with Crippen LogP contribution in [0.2, 0.25) is 5.02 Å². The Labute approximate surface area is 161 Å². The van der Waals surface area contributed by atoms with E-state index in [1.54, 1.807) is 18.2 Å². The Morgan fingerprint density at radius 3 is 2.58 bits per heavy atom. The molecule has 0 fully saturated rings. The summed E-state index contributed by atoms with van der Waals surface area (Å²) in [6.45, 7) is 6.37. The van der Waals surface area contributed by atoms with Gasteiger partial charge in [0.05, 0.1) is 5.69 Å². The lowest BCUT2D eigenvalue weighted by Crippen LogP contribution is -2.24. The number of hydrogen-bond donors (Lipinski definition) is 1. The first-order valence-corrected chi connectivity index (χ1v) is 9.30. The van der Waals surface area contributed by atoms with Crippen molar-refractivity contribution in [1.82, 2.24) is 9.99 Å². The van der Waals surface area contributed by atoms with Crippen LogP contribution in [0.3, 0.4) is 0 Å². The van der Waals surface area contributed by atoms with Gasteiger partial charge in [-0.05, 0) is 36.8 Å². The number of aryl methyl sites for hydroxylation is 1. The van der Waals surface area contributed by atoms with Crippen LogP contribution in [0.1, 0.15) is 15.9 Å². The third-order valence-electron chi connectivity index (χ3n) is 3.82. The van der Waals surface area contributed by atoms with Crippen LogP contribution in [0, 0.1) is 6.92 Å². The van der Waals surface area contributed by atoms with Crippen molar-refractivity contribution in [3.8, 4) is 11.3 Å². The van der Waals surface area contributed by atoms with E-state index in [0.29, 0.717) is 21.9 Å². The van der Waals surface area contributed by atoms with Crippen molar-refractivity contribution in [3.63, 3.8) is 0 Å². The van der Waals surface area contributed by atoms with Gasteiger partial charge in [-0.1, -0.05) is 47.5 Å². The van der Waals surface area contributed by atoms with Crippen molar-refractivity contribution >= 4 is 28.8 Å². The topological polar surface area (TPSA) is 46.4 Å². The summed E-state index contributed by atoms with van der Waals surface area (Å²) in [4.78, 5) is 13.0. The van der Waals surface area contributed by atoms with E-state index in [1.165, 1.54) is 11.3 Å². The molecule has 0 saturated carbocycles. The van der Waals surface area contributed by atoms with Gasteiger partial charge in [-0.3, -0.25) is 4.79 Å². The van der Waals surface area contributed by atoms with E-state index in [-0.39, 0.29) is 5.91 Å². The highest BCUT2D eigenvalue weighted by Crippen LogP contribution is 2.22. The molecule has 26 heavy (non-hydrogen) atoms. The summed E-state index contributed by atoms with van der Waals surface area (Å²) < 4.78 is 2.00. The van der Waals surface area contributed by atoms with Crippen LogP contribution in [0.25, 0.3) is 11.3 Å². The Morgan fingerprint density at radius 1 is 1.23 bits per heavy atom. The first kappa shape index (κ1) is 18.2. The zero-order valence-electron chi connectivity index (χ0n) is 14.3. The second-order valence-corrected chi connectivity index (χ2v) is 7.00. The van der Waals surface area contributed by atoms with E-state index < -0.39 is 0 Å². The van der Waals surface area contributed by atoms with Crippen molar-refractivity contribution in [2.24, 2.45) is 5.10 Å². The van der Waals surface area contributed by atoms with E-state index in [0.717, 1.165) is 16.8 Å². The van der Waals surface area contributed by atoms with Gasteiger partial charge in [-0.2, -0.15) is 0 Å². The third-order valence-corrected chi connectivity index (χ3v) is 4.93. The van der Waals surface area contributed by atoms with Gasteiger partial charge >= 0.3 is 0 Å². The smallest absolute Gasteiger partial charge is 0.271 e. The molecule has 1 amide bonds. The molecule has 1 N–H and O–H groups in total. The Bertz CT molecular complexity index is 985. The molecule has 4 nitrogen and oxygen atoms in total. The fourth-order valence-electron chi connectivity index (χ4n) is 2.44. The number of allylic oxidation sites excluding steroid dienone is 1. The number of carbonyl (C=O) groups is 1. The summed E-state index contributed by atoms with van der Waals surface area (Å²) in [6, 6.07) is 15.0. The Hall–Kier alpha value is -2.63. The Balaban J connectivity index is 1.90. The second-order valence-electron chi connectivity index (χ2n) is 5.73. The van der Waals surface area contributed by atoms with E-state index in [1.807, 2.05) is 53.3 Å². The molecule has 0 spiro atoms. The first-order chi connectivity index (χ1) is 12.6. The fraction of sp³-hybridized carbons (Fsp3) is 0.100. The zero-order valence-corrected chi connectivity index (χ0v) is 15.8. The molecule has 0 bridgehead atoms. The molecule has 1 aromatic heterocycles. The van der Waals surface area contributed by atoms with Gasteiger partial charge in [0, 0.05) is 22.5 Å². The minimum atomic E-state index is -0.239. The molecule has 0 aliphatic carbocycles. The van der Waals surface area contributed by atoms with Gasteiger partial charge in [-0.25, -0.2) is 5.43 Å². The summed E-state index contributed by atoms with van der Waals surface area (Å²) in [5.41, 5.74) is 6.33. The number of carbonyl (C=O) groups excluding carboxylic acids is 1. The molecule has 0 saturated heterocycles. The van der Waals surface area contributed by atoms with Crippen molar-refractivity contribution < 1.29 is 4.79 Å². The van der Waals surface area contributed by atoms with Crippen LogP contribution in [0.15, 0.2) is 71.7 Å². The van der Waals surface area contributed by atoms with Gasteiger partial charge < -0.3 is 4.57 Å². The van der Waals surface area contributed by atoms with Crippen LogP contribution >= 0.6 is 22.9 Å². The predicted octanol–water partition coefficient (Wildman–Crippen LogP) is 4.61. The van der Waals surface area contributed by atoms with E-state index in [2.05, 4.69) is 17.1 Å². The monoisotopic (exact) mass is 383 g/mol. The lowest BCUT2D eigenvalue weighted by Gasteiger charge is -2.07. The van der Waals surface area contributed by atoms with Crippen LogP contribution in [-0.2, 0) is 6.54 Å². The molecular formula is C20H18ClN3OS. The van der Waals surface area contributed by atoms with E-state index in [9.17, 15) is 4.79 Å². The van der Waals surface area contributed by atoms with Gasteiger partial charge in [-0.15, -0.1) is 23.0 Å². The number of nitrogens with zero attached hydrogens (tertiary/aromatic N) is 2. The molecular weight excluding hydrogens is 366 g/mol. The number of rotatable bonds is 5. The summed E-state index contributed by atoms with van der Waals surface area (Å²) in [6.07, 6.45) is 1.80. The maximum absolute atomic E-state index is 12.3. The van der Waals surface area contributed by atoms with Crippen molar-refractivity contribution in [1.29, 1.82) is 0 Å². The van der Waals surface area contributed by atoms with Crippen molar-refractivity contribution in [2.45, 2.75) is 13.5 Å². The minimum Gasteiger partial charge on any atom is -0.311 e. The highest BCUT2D eigenvalue weighted by atomic mass is 35.5. The molecule has 3 rings (SSSR count). The number of halogens is 1. The summed E-state index contributed by atoms with van der Waals surface area (Å²) in [7, 11) is 0. The Morgan fingerprint density at radius 2 is 1.92 bits per heavy atom. The SMILES string of the molecule is C=CCn1c(-c2ccc(Cl)cc2)cs/c1=N/NC(=O)c1ccc(C)cc1. The highest BCUT2D eigenvalue weighted by Gasteiger charge is 2.08. The van der Waals surface area contributed by atoms with Crippen LogP contribution in [0.5, 0.6) is 0 Å². The average molecular weight is 384 g/mol. The molecule has 0 unspecified atom stereocenters. The number of thiazole rings is 1. The number of amides is 1. The molecule has 132 valence electrons. The standard InChI is InChI=1S/C20H18ClN3OS/c1-3-12-24-18(15-8-10-17(21)11-9-15)13-26-20(24)23-22-19(25)16-6-4-14(2)5-7-16/h3-11,13H,1,12H2,2H3,(H,22,25)/b23-20+. The van der Waals surface area contributed by atoms with Crippen LogP contribution in [0.4, 0.5) is 0 Å². The third kappa shape index (κ3) is 4.12. The van der Waals surface area contributed by atoms with Gasteiger partial charge in [0.15, 0.2) is 0 Å². The van der Waals surface area contributed by atoms with Gasteiger partial charge in [0.25, 0.3) is 5.91 Å². The maximum Gasteiger partial charge on any atom is 0.271 e. The zero-order chi connectivity index (χ0) is 18.5. The molecule has 6 heteroatoms. The van der Waals surface area contributed by atoms with Crippen LogP contribution in [-0.4, -0.2) is 10.5 Å². The van der Waals surface area contributed by atoms with Crippen molar-refractivity contribution in [2.75, 3.05) is 0 Å². The van der Waals surface area contributed by atoms with E-state index in [4.69, 9.17) is 11.6 Å². The molecule has 0 atom stereocenters. The van der Waals surface area contributed by atoms with Gasteiger partial charge in [0.1, 0.15) is 0 Å². The number of nitrogens with one attached hydrogen (secondary N) is 1. The Kier molecular flexibility index (Phi) is 5.71. The lowest BCUT2D eigenvalue weighted by molar-refractivity contribution is 0.0953. The van der Waals surface area contributed by atoms with Gasteiger partial charge in [0.2, 0.25) is 4.80 Å². The number of aromatic nitrogens is 1. The highest BCUT2D eigenvalue weighted by molar-refractivity contribution is 7.07. The molecule has 3 aromatic rings.